The van der Waals surface area contributed by atoms with E-state index in [4.69, 9.17) is 0 Å². The van der Waals surface area contributed by atoms with Gasteiger partial charge in [-0.3, -0.25) is 4.79 Å². The summed E-state index contributed by atoms with van der Waals surface area (Å²) in [5, 5.41) is 4.22. The lowest BCUT2D eigenvalue weighted by Crippen LogP contribution is -2.28. The molecular weight excluding hydrogens is 280 g/mol. The number of benzene rings is 2. The molecule has 3 nitrogen and oxygen atoms in total. The quantitative estimate of drug-likeness (QED) is 0.804. The third kappa shape index (κ3) is 2.32. The summed E-state index contributed by atoms with van der Waals surface area (Å²) in [6.07, 6.45) is 1.19. The highest BCUT2D eigenvalue weighted by Crippen LogP contribution is 2.27. The molecule has 1 unspecified atom stereocenters. The van der Waals surface area contributed by atoms with Gasteiger partial charge in [-0.2, -0.15) is 0 Å². The van der Waals surface area contributed by atoms with Crippen molar-refractivity contribution in [1.82, 2.24) is 4.98 Å². The summed E-state index contributed by atoms with van der Waals surface area (Å²) in [6.45, 7) is 0. The number of aromatic nitrogens is 1. The van der Waals surface area contributed by atoms with Gasteiger partial charge in [-0.15, -0.1) is 11.3 Å². The Morgan fingerprint density at radius 1 is 1.19 bits per heavy atom. The number of Topliss-reactive ketones (excluding diaryl/α,β-unsaturated/α-hetero) is 1. The molecule has 0 spiro atoms. The third-order valence-corrected chi connectivity index (χ3v) is 4.86. The van der Waals surface area contributed by atoms with E-state index in [9.17, 15) is 4.79 Å². The fourth-order valence-corrected chi connectivity index (χ4v) is 3.74. The summed E-state index contributed by atoms with van der Waals surface area (Å²) in [5.41, 5.74) is 3.29. The number of nitrogens with one attached hydrogen (secondary N) is 1. The average Bonchev–Trinajstić information content (AvgIpc) is 3.10. The van der Waals surface area contributed by atoms with Crippen molar-refractivity contribution < 1.29 is 4.79 Å². The minimum Gasteiger partial charge on any atom is -0.375 e. The van der Waals surface area contributed by atoms with Gasteiger partial charge < -0.3 is 5.32 Å². The lowest BCUT2D eigenvalue weighted by Gasteiger charge is -2.08. The molecule has 4 rings (SSSR count). The molecule has 0 radical (unpaired) electrons. The maximum atomic E-state index is 12.5. The standard InChI is InChI=1S/C17H14N2OS/c20-15(14-9-11-5-1-2-6-12(11)18-14)10-17-19-13-7-3-4-8-16(13)21-17/h1-8,14,18H,9-10H2. The number of hydrogen-bond donors (Lipinski definition) is 1. The fraction of sp³-hybridized carbons (Fsp3) is 0.176. The van der Waals surface area contributed by atoms with Crippen molar-refractivity contribution in [2.24, 2.45) is 0 Å². The molecule has 0 fully saturated rings. The van der Waals surface area contributed by atoms with Crippen molar-refractivity contribution in [2.45, 2.75) is 18.9 Å². The molecule has 1 aliphatic heterocycles. The number of anilines is 1. The summed E-state index contributed by atoms with van der Waals surface area (Å²) in [5.74, 6) is 0.213. The summed E-state index contributed by atoms with van der Waals surface area (Å²) < 4.78 is 1.14. The smallest absolute Gasteiger partial charge is 0.162 e. The largest absolute Gasteiger partial charge is 0.375 e. The Kier molecular flexibility index (Phi) is 2.97. The third-order valence-electron chi connectivity index (χ3n) is 3.82. The van der Waals surface area contributed by atoms with Gasteiger partial charge in [0.1, 0.15) is 5.01 Å². The Bertz CT molecular complexity index is 766. The Hall–Kier alpha value is -2.20. The average molecular weight is 294 g/mol. The molecule has 3 aromatic rings. The maximum Gasteiger partial charge on any atom is 0.162 e. The van der Waals surface area contributed by atoms with Crippen LogP contribution in [-0.4, -0.2) is 16.8 Å². The number of fused-ring (bicyclic) bond motifs is 2. The molecule has 21 heavy (non-hydrogen) atoms. The predicted molar refractivity (Wildman–Crippen MR) is 85.9 cm³/mol. The van der Waals surface area contributed by atoms with Crippen molar-refractivity contribution >= 4 is 33.0 Å². The van der Waals surface area contributed by atoms with E-state index >= 15 is 0 Å². The van der Waals surface area contributed by atoms with Crippen LogP contribution in [0.5, 0.6) is 0 Å². The highest BCUT2D eigenvalue weighted by Gasteiger charge is 2.26. The zero-order valence-electron chi connectivity index (χ0n) is 11.4. The number of nitrogens with zero attached hydrogens (tertiary/aromatic N) is 1. The lowest BCUT2D eigenvalue weighted by molar-refractivity contribution is -0.119. The van der Waals surface area contributed by atoms with Gasteiger partial charge in [-0.05, 0) is 23.8 Å². The van der Waals surface area contributed by atoms with Gasteiger partial charge in [-0.1, -0.05) is 30.3 Å². The van der Waals surface area contributed by atoms with Crippen LogP contribution in [0.2, 0.25) is 0 Å². The van der Waals surface area contributed by atoms with Crippen LogP contribution in [0.3, 0.4) is 0 Å². The molecule has 1 aromatic heterocycles. The van der Waals surface area contributed by atoms with Gasteiger partial charge in [0.2, 0.25) is 0 Å². The second-order valence-corrected chi connectivity index (χ2v) is 6.39. The van der Waals surface area contributed by atoms with E-state index in [2.05, 4.69) is 16.4 Å². The molecular formula is C17H14N2OS. The van der Waals surface area contributed by atoms with Crippen molar-refractivity contribution in [3.05, 3.63) is 59.1 Å². The minimum atomic E-state index is -0.116. The van der Waals surface area contributed by atoms with Crippen LogP contribution >= 0.6 is 11.3 Å². The van der Waals surface area contributed by atoms with Crippen LogP contribution < -0.4 is 5.32 Å². The van der Waals surface area contributed by atoms with Gasteiger partial charge in [0.25, 0.3) is 0 Å². The van der Waals surface area contributed by atoms with Gasteiger partial charge in [0.05, 0.1) is 22.7 Å². The molecule has 1 aliphatic rings. The zero-order valence-corrected chi connectivity index (χ0v) is 12.2. The normalized spacial score (nSPS) is 16.7. The Morgan fingerprint density at radius 3 is 2.86 bits per heavy atom. The highest BCUT2D eigenvalue weighted by molar-refractivity contribution is 7.18. The SMILES string of the molecule is O=C(Cc1nc2ccccc2s1)C1Cc2ccccc2N1. The van der Waals surface area contributed by atoms with Crippen LogP contribution in [0.4, 0.5) is 5.69 Å². The molecule has 2 aromatic carbocycles. The van der Waals surface area contributed by atoms with Crippen molar-refractivity contribution in [2.75, 3.05) is 5.32 Å². The Morgan fingerprint density at radius 2 is 2.00 bits per heavy atom. The number of thiazole rings is 1. The first kappa shape index (κ1) is 12.5. The molecule has 0 saturated heterocycles. The second kappa shape index (κ2) is 4.97. The number of para-hydroxylation sites is 2. The van der Waals surface area contributed by atoms with Gasteiger partial charge in [0, 0.05) is 12.1 Å². The van der Waals surface area contributed by atoms with Crippen LogP contribution in [0, 0.1) is 0 Å². The zero-order chi connectivity index (χ0) is 14.2. The highest BCUT2D eigenvalue weighted by atomic mass is 32.1. The number of carbonyl (C=O) groups excluding carboxylic acids is 1. The van der Waals surface area contributed by atoms with E-state index in [1.165, 1.54) is 5.56 Å². The topological polar surface area (TPSA) is 42.0 Å². The van der Waals surface area contributed by atoms with Crippen molar-refractivity contribution in [3.8, 4) is 0 Å². The van der Waals surface area contributed by atoms with Crippen LogP contribution in [0.15, 0.2) is 48.5 Å². The molecule has 1 atom stereocenters. The second-order valence-electron chi connectivity index (χ2n) is 5.28. The monoisotopic (exact) mass is 294 g/mol. The predicted octanol–water partition coefficient (Wildman–Crippen LogP) is 3.44. The summed E-state index contributed by atoms with van der Waals surface area (Å²) in [7, 11) is 0. The van der Waals surface area contributed by atoms with Crippen LogP contribution in [0.1, 0.15) is 10.6 Å². The molecule has 1 N–H and O–H groups in total. The lowest BCUT2D eigenvalue weighted by atomic mass is 10.1. The first-order valence-corrected chi connectivity index (χ1v) is 7.83. The summed E-state index contributed by atoms with van der Waals surface area (Å²) >= 11 is 1.61. The Balaban J connectivity index is 1.52. The number of hydrogen-bond acceptors (Lipinski definition) is 4. The van der Waals surface area contributed by atoms with Crippen LogP contribution in [0.25, 0.3) is 10.2 Å². The first-order chi connectivity index (χ1) is 10.3. The van der Waals surface area contributed by atoms with E-state index < -0.39 is 0 Å². The summed E-state index contributed by atoms with van der Waals surface area (Å²) in [4.78, 5) is 17.0. The molecule has 0 bridgehead atoms. The molecule has 0 aliphatic carbocycles. The summed E-state index contributed by atoms with van der Waals surface area (Å²) in [6, 6.07) is 16.0. The first-order valence-electron chi connectivity index (χ1n) is 7.01. The molecule has 0 saturated carbocycles. The van der Waals surface area contributed by atoms with Crippen LogP contribution in [-0.2, 0) is 17.6 Å². The number of rotatable bonds is 3. The van der Waals surface area contributed by atoms with Gasteiger partial charge in [0.15, 0.2) is 5.78 Å². The number of carbonyl (C=O) groups is 1. The molecule has 4 heteroatoms. The van der Waals surface area contributed by atoms with Crippen molar-refractivity contribution in [3.63, 3.8) is 0 Å². The molecule has 2 heterocycles. The van der Waals surface area contributed by atoms with E-state index in [1.54, 1.807) is 11.3 Å². The van der Waals surface area contributed by atoms with E-state index in [0.717, 1.165) is 27.3 Å². The molecule has 104 valence electrons. The molecule has 0 amide bonds. The van der Waals surface area contributed by atoms with Gasteiger partial charge >= 0.3 is 0 Å². The minimum absolute atomic E-state index is 0.116. The number of ketones is 1. The Labute approximate surface area is 126 Å². The fourth-order valence-electron chi connectivity index (χ4n) is 2.76. The maximum absolute atomic E-state index is 12.5. The van der Waals surface area contributed by atoms with E-state index in [1.807, 2.05) is 42.5 Å². The van der Waals surface area contributed by atoms with Crippen molar-refractivity contribution in [1.29, 1.82) is 0 Å². The van der Waals surface area contributed by atoms with E-state index in [0.29, 0.717) is 6.42 Å². The van der Waals surface area contributed by atoms with Gasteiger partial charge in [-0.25, -0.2) is 4.98 Å². The van der Waals surface area contributed by atoms with E-state index in [-0.39, 0.29) is 11.8 Å².